The Labute approximate surface area is 242 Å². The molecule has 2 heteroatoms. The Kier molecular flexibility index (Phi) is 8.30. The summed E-state index contributed by atoms with van der Waals surface area (Å²) >= 11 is 5.07. The predicted molar refractivity (Wildman–Crippen MR) is 140 cm³/mol. The van der Waals surface area contributed by atoms with Gasteiger partial charge in [-0.1, -0.05) is 88.0 Å². The average molecular weight is 463 g/mol. The van der Waals surface area contributed by atoms with Crippen molar-refractivity contribution in [2.24, 2.45) is 0 Å². The van der Waals surface area contributed by atoms with Gasteiger partial charge in [0, 0.05) is 4.90 Å². The molecule has 0 nitrogen and oxygen atoms in total. The van der Waals surface area contributed by atoms with E-state index in [-0.39, 0.29) is 52.8 Å². The van der Waals surface area contributed by atoms with Crippen LogP contribution < -0.4 is 51.4 Å². The largest absolute Gasteiger partial charge is 1.00 e. The zero-order valence-electron chi connectivity index (χ0n) is 21.3. The number of benzene rings is 4. The Balaban J connectivity index is 0.00000193. The normalized spacial score (nSPS) is 10.7. The summed E-state index contributed by atoms with van der Waals surface area (Å²) < 4.78 is 0. The Bertz CT molecular complexity index is 1170. The van der Waals surface area contributed by atoms with Crippen molar-refractivity contribution in [1.29, 1.82) is 0 Å². The van der Waals surface area contributed by atoms with Crippen LogP contribution in [-0.2, 0) is 0 Å². The van der Waals surface area contributed by atoms with Crippen LogP contribution in [0.1, 0.15) is 34.8 Å². The van der Waals surface area contributed by atoms with Gasteiger partial charge in [0.2, 0.25) is 0 Å². The van der Waals surface area contributed by atoms with Crippen LogP contribution in [0.15, 0.2) is 71.6 Å². The molecule has 0 amide bonds. The summed E-state index contributed by atoms with van der Waals surface area (Å²) in [6.45, 7) is 13.0. The fraction of sp³-hybridized carbons (Fsp3) is 0.200. The summed E-state index contributed by atoms with van der Waals surface area (Å²) in [5, 5.41) is 0. The molecule has 0 spiro atoms. The molecule has 4 aromatic carbocycles. The van der Waals surface area contributed by atoms with Crippen LogP contribution in [0.5, 0.6) is 0 Å². The van der Waals surface area contributed by atoms with Crippen molar-refractivity contribution >= 4 is 12.6 Å². The first-order chi connectivity index (χ1) is 14.7. The smallest absolute Gasteiger partial charge is 1.00 e. The summed E-state index contributed by atoms with van der Waals surface area (Å²) in [4.78, 5) is 1.03. The molecule has 32 heavy (non-hydrogen) atoms. The molecule has 0 aliphatic rings. The van der Waals surface area contributed by atoms with Crippen LogP contribution >= 0.6 is 12.6 Å². The van der Waals surface area contributed by atoms with E-state index in [1.54, 1.807) is 0 Å². The number of thiol groups is 1. The second kappa shape index (κ2) is 10.4. The third-order valence-electron chi connectivity index (χ3n) is 5.73. The topological polar surface area (TPSA) is 0 Å². The second-order valence-corrected chi connectivity index (χ2v) is 9.50. The monoisotopic (exact) mass is 462 g/mol. The molecule has 0 saturated carbocycles. The van der Waals surface area contributed by atoms with E-state index in [0.29, 0.717) is 0 Å². The maximum Gasteiger partial charge on any atom is 1.00 e. The number of rotatable bonds is 3. The molecule has 0 aliphatic heterocycles. The van der Waals surface area contributed by atoms with Crippen LogP contribution in [-0.4, -0.2) is 0 Å². The van der Waals surface area contributed by atoms with Gasteiger partial charge in [-0.15, -0.1) is 12.6 Å². The van der Waals surface area contributed by atoms with Crippen LogP contribution in [0.25, 0.3) is 33.4 Å². The van der Waals surface area contributed by atoms with Crippen LogP contribution in [0.2, 0.25) is 0 Å². The Morgan fingerprint density at radius 1 is 0.406 bits per heavy atom. The molecule has 0 radical (unpaired) electrons. The van der Waals surface area contributed by atoms with E-state index in [4.69, 9.17) is 12.6 Å². The summed E-state index contributed by atoms with van der Waals surface area (Å²) in [6.07, 6.45) is 0. The fourth-order valence-electron chi connectivity index (χ4n) is 4.64. The van der Waals surface area contributed by atoms with E-state index in [0.717, 1.165) is 4.90 Å². The van der Waals surface area contributed by atoms with Gasteiger partial charge >= 0.3 is 51.4 Å². The van der Waals surface area contributed by atoms with Crippen molar-refractivity contribution in [2.75, 3.05) is 0 Å². The van der Waals surface area contributed by atoms with Crippen molar-refractivity contribution in [3.63, 3.8) is 0 Å². The first-order valence-corrected chi connectivity index (χ1v) is 11.3. The Morgan fingerprint density at radius 2 is 0.656 bits per heavy atom. The molecular formula is C30H31KS. The van der Waals surface area contributed by atoms with Crippen molar-refractivity contribution < 1.29 is 52.8 Å². The molecule has 0 fully saturated rings. The summed E-state index contributed by atoms with van der Waals surface area (Å²) in [5.74, 6) is 0. The molecule has 0 aliphatic carbocycles. The van der Waals surface area contributed by atoms with Crippen LogP contribution in [0, 0.1) is 41.5 Å². The van der Waals surface area contributed by atoms with Gasteiger partial charge in [0.25, 0.3) is 0 Å². The third-order valence-corrected chi connectivity index (χ3v) is 6.21. The standard InChI is InChI=1S/C30H30S.K.H/c1-18-7-19(2)11-24(10-18)25-16-28(26-12-20(3)8-21(4)13-26)30(31)29(17-25)27-14-22(5)9-23(6)15-27;;/h7-17,31H,1-6H3;;/q;+1;-1. The molecule has 4 aromatic rings. The Hall–Kier alpha value is -1.13. The minimum absolute atomic E-state index is 0. The SMILES string of the molecule is Cc1cc(C)cc(-c2cc(-c3cc(C)cc(C)c3)c(S)c(-c3cc(C)cc(C)c3)c2)c1.[H-].[K+]. The van der Waals surface area contributed by atoms with E-state index in [1.165, 1.54) is 66.8 Å². The summed E-state index contributed by atoms with van der Waals surface area (Å²) in [6, 6.07) is 24.9. The molecular weight excluding hydrogens is 431 g/mol. The zero-order valence-corrected chi connectivity index (χ0v) is 24.3. The second-order valence-electron chi connectivity index (χ2n) is 9.05. The molecule has 0 bridgehead atoms. The molecule has 0 heterocycles. The van der Waals surface area contributed by atoms with Gasteiger partial charge in [-0.25, -0.2) is 0 Å². The molecule has 0 unspecified atom stereocenters. The number of hydrogen-bond donors (Lipinski definition) is 1. The van der Waals surface area contributed by atoms with Crippen molar-refractivity contribution in [1.82, 2.24) is 0 Å². The van der Waals surface area contributed by atoms with Gasteiger partial charge in [-0.2, -0.15) is 0 Å². The summed E-state index contributed by atoms with van der Waals surface area (Å²) in [7, 11) is 0. The first kappa shape index (κ1) is 25.5. The first-order valence-electron chi connectivity index (χ1n) is 10.8. The van der Waals surface area contributed by atoms with E-state index in [9.17, 15) is 0 Å². The van der Waals surface area contributed by atoms with E-state index in [2.05, 4.69) is 108 Å². The van der Waals surface area contributed by atoms with Crippen molar-refractivity contribution in [3.8, 4) is 33.4 Å². The zero-order chi connectivity index (χ0) is 22.3. The van der Waals surface area contributed by atoms with Crippen LogP contribution in [0.4, 0.5) is 0 Å². The quantitative estimate of drug-likeness (QED) is 0.283. The fourth-order valence-corrected chi connectivity index (χ4v) is 5.03. The average Bonchev–Trinajstić information content (AvgIpc) is 2.65. The van der Waals surface area contributed by atoms with E-state index < -0.39 is 0 Å². The van der Waals surface area contributed by atoms with Gasteiger partial charge in [-0.3, -0.25) is 0 Å². The van der Waals surface area contributed by atoms with Gasteiger partial charge in [0.1, 0.15) is 0 Å². The molecule has 158 valence electrons. The maximum atomic E-state index is 5.07. The maximum absolute atomic E-state index is 5.07. The molecule has 0 saturated heterocycles. The summed E-state index contributed by atoms with van der Waals surface area (Å²) in [5.41, 5.74) is 14.9. The van der Waals surface area contributed by atoms with Crippen molar-refractivity contribution in [3.05, 3.63) is 100 Å². The molecule has 0 aromatic heterocycles. The van der Waals surface area contributed by atoms with Crippen molar-refractivity contribution in [2.45, 2.75) is 46.4 Å². The molecule has 0 N–H and O–H groups in total. The van der Waals surface area contributed by atoms with Gasteiger partial charge < -0.3 is 1.43 Å². The van der Waals surface area contributed by atoms with Gasteiger partial charge in [0.05, 0.1) is 0 Å². The van der Waals surface area contributed by atoms with Gasteiger partial charge in [0.15, 0.2) is 0 Å². The predicted octanol–water partition coefficient (Wildman–Crippen LogP) is 5.94. The van der Waals surface area contributed by atoms with E-state index >= 15 is 0 Å². The number of aryl methyl sites for hydroxylation is 6. The van der Waals surface area contributed by atoms with E-state index in [1.807, 2.05) is 0 Å². The van der Waals surface area contributed by atoms with Gasteiger partial charge in [-0.05, 0) is 87.1 Å². The molecule has 4 rings (SSSR count). The van der Waals surface area contributed by atoms with Crippen LogP contribution in [0.3, 0.4) is 0 Å². The minimum Gasteiger partial charge on any atom is -1.00 e. The minimum atomic E-state index is 0. The Morgan fingerprint density at radius 3 is 0.969 bits per heavy atom. The number of hydrogen-bond acceptors (Lipinski definition) is 1. The molecule has 0 atom stereocenters. The third kappa shape index (κ3) is 5.67.